The van der Waals surface area contributed by atoms with Gasteiger partial charge in [-0.15, -0.1) is 10.2 Å². The molecule has 0 amide bonds. The number of carbonyl (C=O) groups is 1. The molecule has 146 valence electrons. The fourth-order valence-electron chi connectivity index (χ4n) is 2.33. The van der Waals surface area contributed by atoms with Gasteiger partial charge in [0.25, 0.3) is 0 Å². The van der Waals surface area contributed by atoms with Crippen molar-refractivity contribution in [2.45, 2.75) is 0 Å². The van der Waals surface area contributed by atoms with Gasteiger partial charge < -0.3 is 5.11 Å². The van der Waals surface area contributed by atoms with Crippen LogP contribution in [0.2, 0.25) is 20.1 Å². The number of rotatable bonds is 5. The van der Waals surface area contributed by atoms with Gasteiger partial charge in [-0.05, 0) is 60.2 Å². The van der Waals surface area contributed by atoms with Crippen molar-refractivity contribution in [2.24, 2.45) is 10.2 Å². The van der Waals surface area contributed by atoms with Gasteiger partial charge in [-0.3, -0.25) is 4.79 Å². The Morgan fingerprint density at radius 3 is 2.38 bits per heavy atom. The molecule has 0 aromatic heterocycles. The molecule has 0 bridgehead atoms. The minimum atomic E-state index is -0.298. The van der Waals surface area contributed by atoms with E-state index in [-0.39, 0.29) is 22.2 Å². The van der Waals surface area contributed by atoms with Crippen LogP contribution in [0.5, 0.6) is 5.75 Å². The number of phenols is 1. The van der Waals surface area contributed by atoms with Crippen LogP contribution in [0.15, 0.2) is 70.9 Å². The molecular weight excluding hydrogens is 454 g/mol. The van der Waals surface area contributed by atoms with Gasteiger partial charge >= 0.3 is 0 Å². The van der Waals surface area contributed by atoms with E-state index in [1.807, 2.05) is 0 Å². The monoisotopic (exact) mass is 464 g/mol. The first-order chi connectivity index (χ1) is 13.8. The first-order valence-electron chi connectivity index (χ1n) is 8.21. The Kier molecular flexibility index (Phi) is 6.93. The van der Waals surface area contributed by atoms with Crippen molar-refractivity contribution in [3.8, 4) is 5.75 Å². The summed E-state index contributed by atoms with van der Waals surface area (Å²) in [5, 5.41) is 19.5. The highest BCUT2D eigenvalue weighted by Gasteiger charge is 2.09. The summed E-state index contributed by atoms with van der Waals surface area (Å²) in [4.78, 5) is 12.5. The maximum absolute atomic E-state index is 12.5. The summed E-state index contributed by atoms with van der Waals surface area (Å²) in [5.41, 5.74) is 1.42. The van der Waals surface area contributed by atoms with E-state index in [1.54, 1.807) is 42.5 Å². The van der Waals surface area contributed by atoms with Crippen molar-refractivity contribution in [3.05, 3.63) is 91.9 Å². The van der Waals surface area contributed by atoms with Crippen molar-refractivity contribution >= 4 is 69.6 Å². The third-order valence-electron chi connectivity index (χ3n) is 3.83. The summed E-state index contributed by atoms with van der Waals surface area (Å²) < 4.78 is 0. The summed E-state index contributed by atoms with van der Waals surface area (Å²) in [6.07, 6.45) is 2.96. The highest BCUT2D eigenvalue weighted by Crippen LogP contribution is 2.35. The van der Waals surface area contributed by atoms with E-state index in [4.69, 9.17) is 46.4 Å². The second-order valence-electron chi connectivity index (χ2n) is 5.84. The number of hydrogen-bond donors (Lipinski definition) is 1. The fourth-order valence-corrected chi connectivity index (χ4v) is 3.14. The third kappa shape index (κ3) is 5.37. The standard InChI is InChI=1S/C21H12Cl4N2O2/c22-14-7-4-12(16(24)11-14)5-8-19(28)13-6-9-20(29)18(10-13)27-26-17-3-1-2-15(23)21(17)25/h1-11,29H/b8-5+,27-26?. The van der Waals surface area contributed by atoms with Gasteiger partial charge in [-0.2, -0.15) is 0 Å². The fraction of sp³-hybridized carbons (Fsp3) is 0. The number of allylic oxidation sites excluding steroid dienone is 1. The summed E-state index contributed by atoms with van der Waals surface area (Å²) in [6.45, 7) is 0. The summed E-state index contributed by atoms with van der Waals surface area (Å²) in [5.74, 6) is -0.429. The Morgan fingerprint density at radius 2 is 1.62 bits per heavy atom. The Bertz CT molecular complexity index is 1140. The van der Waals surface area contributed by atoms with Crippen molar-refractivity contribution in [1.82, 2.24) is 0 Å². The molecule has 0 aliphatic rings. The lowest BCUT2D eigenvalue weighted by atomic mass is 10.1. The number of aromatic hydroxyl groups is 1. The van der Waals surface area contributed by atoms with Gasteiger partial charge in [0.15, 0.2) is 5.78 Å². The van der Waals surface area contributed by atoms with Crippen LogP contribution in [-0.4, -0.2) is 10.9 Å². The van der Waals surface area contributed by atoms with Crippen LogP contribution in [0.1, 0.15) is 15.9 Å². The molecule has 4 nitrogen and oxygen atoms in total. The van der Waals surface area contributed by atoms with E-state index < -0.39 is 0 Å². The largest absolute Gasteiger partial charge is 0.506 e. The number of carbonyl (C=O) groups excluding carboxylic acids is 1. The first-order valence-corrected chi connectivity index (χ1v) is 9.72. The Hall–Kier alpha value is -2.37. The minimum absolute atomic E-state index is 0.116. The second-order valence-corrected chi connectivity index (χ2v) is 7.47. The second kappa shape index (κ2) is 9.42. The number of nitrogens with zero attached hydrogens (tertiary/aromatic N) is 2. The van der Waals surface area contributed by atoms with Gasteiger partial charge in [-0.1, -0.05) is 58.5 Å². The molecule has 0 spiro atoms. The molecule has 0 unspecified atom stereocenters. The predicted octanol–water partition coefficient (Wildman–Crippen LogP) is 8.32. The molecule has 3 rings (SSSR count). The van der Waals surface area contributed by atoms with Crippen molar-refractivity contribution in [3.63, 3.8) is 0 Å². The van der Waals surface area contributed by atoms with Gasteiger partial charge in [0.2, 0.25) is 0 Å². The van der Waals surface area contributed by atoms with Crippen molar-refractivity contribution in [1.29, 1.82) is 0 Å². The lowest BCUT2D eigenvalue weighted by Crippen LogP contribution is -1.93. The number of hydrogen-bond acceptors (Lipinski definition) is 4. The molecule has 0 radical (unpaired) electrons. The third-order valence-corrected chi connectivity index (χ3v) is 5.20. The molecule has 1 N–H and O–H groups in total. The molecule has 3 aromatic carbocycles. The zero-order valence-electron chi connectivity index (χ0n) is 14.6. The molecule has 3 aromatic rings. The van der Waals surface area contributed by atoms with E-state index in [1.165, 1.54) is 24.3 Å². The van der Waals surface area contributed by atoms with E-state index in [0.29, 0.717) is 31.9 Å². The van der Waals surface area contributed by atoms with Crippen LogP contribution >= 0.6 is 46.4 Å². The lowest BCUT2D eigenvalue weighted by Gasteiger charge is -2.03. The number of phenolic OH excluding ortho intramolecular Hbond substituents is 1. The molecule has 0 aliphatic carbocycles. The van der Waals surface area contributed by atoms with Crippen LogP contribution in [-0.2, 0) is 0 Å². The van der Waals surface area contributed by atoms with Crippen LogP contribution in [0, 0.1) is 0 Å². The molecular formula is C21H12Cl4N2O2. The highest BCUT2D eigenvalue weighted by molar-refractivity contribution is 6.43. The van der Waals surface area contributed by atoms with Crippen molar-refractivity contribution < 1.29 is 9.90 Å². The van der Waals surface area contributed by atoms with Crippen LogP contribution in [0.3, 0.4) is 0 Å². The normalized spacial score (nSPS) is 11.4. The first kappa shape index (κ1) is 21.3. The maximum Gasteiger partial charge on any atom is 0.185 e. The van der Waals surface area contributed by atoms with Gasteiger partial charge in [0.1, 0.15) is 17.1 Å². The van der Waals surface area contributed by atoms with E-state index in [9.17, 15) is 9.90 Å². The van der Waals surface area contributed by atoms with Gasteiger partial charge in [0, 0.05) is 15.6 Å². The summed E-state index contributed by atoms with van der Waals surface area (Å²) >= 11 is 24.0. The quantitative estimate of drug-likeness (QED) is 0.234. The molecule has 0 atom stereocenters. The Balaban J connectivity index is 1.84. The zero-order valence-corrected chi connectivity index (χ0v) is 17.6. The number of ketones is 1. The van der Waals surface area contributed by atoms with Crippen LogP contribution in [0.4, 0.5) is 11.4 Å². The van der Waals surface area contributed by atoms with Crippen LogP contribution < -0.4 is 0 Å². The summed E-state index contributed by atoms with van der Waals surface area (Å²) in [7, 11) is 0. The molecule has 0 heterocycles. The lowest BCUT2D eigenvalue weighted by molar-refractivity contribution is 0.104. The topological polar surface area (TPSA) is 62.0 Å². The van der Waals surface area contributed by atoms with E-state index in [0.717, 1.165) is 0 Å². The average molecular weight is 466 g/mol. The number of azo groups is 1. The molecule has 0 saturated heterocycles. The average Bonchev–Trinajstić information content (AvgIpc) is 2.69. The maximum atomic E-state index is 12.5. The highest BCUT2D eigenvalue weighted by atomic mass is 35.5. The van der Waals surface area contributed by atoms with Crippen LogP contribution in [0.25, 0.3) is 6.08 Å². The predicted molar refractivity (Wildman–Crippen MR) is 119 cm³/mol. The Labute approximate surface area is 187 Å². The zero-order chi connectivity index (χ0) is 21.0. The van der Waals surface area contributed by atoms with Gasteiger partial charge in [0.05, 0.1) is 10.0 Å². The smallest absolute Gasteiger partial charge is 0.185 e. The molecule has 0 fully saturated rings. The summed E-state index contributed by atoms with van der Waals surface area (Å²) in [6, 6.07) is 14.2. The SMILES string of the molecule is O=C(/C=C/c1ccc(Cl)cc1Cl)c1ccc(O)c(N=Nc2cccc(Cl)c2Cl)c1. The number of benzene rings is 3. The molecule has 29 heavy (non-hydrogen) atoms. The number of halogens is 4. The molecule has 0 saturated carbocycles. The van der Waals surface area contributed by atoms with Gasteiger partial charge in [-0.25, -0.2) is 0 Å². The van der Waals surface area contributed by atoms with E-state index >= 15 is 0 Å². The van der Waals surface area contributed by atoms with Crippen molar-refractivity contribution in [2.75, 3.05) is 0 Å². The molecule has 0 aliphatic heterocycles. The molecule has 8 heteroatoms. The van der Waals surface area contributed by atoms with E-state index in [2.05, 4.69) is 10.2 Å². The Morgan fingerprint density at radius 1 is 0.862 bits per heavy atom. The minimum Gasteiger partial charge on any atom is -0.506 e.